The van der Waals surface area contributed by atoms with Crippen molar-refractivity contribution < 1.29 is 29.0 Å². The van der Waals surface area contributed by atoms with Gasteiger partial charge < -0.3 is 29.3 Å². The highest BCUT2D eigenvalue weighted by Gasteiger charge is 2.77. The van der Waals surface area contributed by atoms with Gasteiger partial charge in [0.05, 0.1) is 37.7 Å². The fraction of sp³-hybridized carbons (Fsp3) is 0.536. The molecule has 3 aliphatic heterocycles. The largest absolute Gasteiger partial charge is 0.497 e. The molecule has 10 heteroatoms. The molecule has 0 aromatic heterocycles. The predicted octanol–water partition coefficient (Wildman–Crippen LogP) is 2.38. The van der Waals surface area contributed by atoms with Crippen molar-refractivity contribution in [3.63, 3.8) is 0 Å². The van der Waals surface area contributed by atoms with Crippen molar-refractivity contribution >= 4 is 39.3 Å². The van der Waals surface area contributed by atoms with Gasteiger partial charge in [-0.3, -0.25) is 14.4 Å². The number of fused-ring (bicyclic) bond motifs is 1. The second kappa shape index (κ2) is 11.2. The molecule has 0 radical (unpaired) electrons. The van der Waals surface area contributed by atoms with Gasteiger partial charge in [0.25, 0.3) is 5.91 Å². The van der Waals surface area contributed by atoms with Crippen molar-refractivity contribution in [2.45, 2.75) is 48.4 Å². The lowest BCUT2D eigenvalue weighted by Gasteiger charge is -2.39. The van der Waals surface area contributed by atoms with E-state index in [1.165, 1.54) is 9.80 Å². The van der Waals surface area contributed by atoms with Gasteiger partial charge in [-0.2, -0.15) is 0 Å². The molecule has 1 aromatic carbocycles. The number of methoxy groups -OCH3 is 1. The monoisotopic (exact) mass is 589 g/mol. The van der Waals surface area contributed by atoms with Crippen molar-refractivity contribution in [3.05, 3.63) is 49.6 Å². The number of rotatable bonds is 11. The second-order valence-electron chi connectivity index (χ2n) is 10.1. The summed E-state index contributed by atoms with van der Waals surface area (Å²) in [5.74, 6) is -1.83. The number of aliphatic hydroxyl groups is 1. The maximum absolute atomic E-state index is 14.5. The molecule has 206 valence electrons. The summed E-state index contributed by atoms with van der Waals surface area (Å²) in [4.78, 5) is 46.6. The summed E-state index contributed by atoms with van der Waals surface area (Å²) in [5.41, 5.74) is -0.599. The lowest BCUT2D eigenvalue weighted by atomic mass is 9.70. The molecule has 3 saturated heterocycles. The number of aliphatic hydroxyl groups excluding tert-OH is 1. The van der Waals surface area contributed by atoms with E-state index in [9.17, 15) is 19.5 Å². The molecule has 4 rings (SSSR count). The van der Waals surface area contributed by atoms with Gasteiger partial charge in [-0.15, -0.1) is 13.2 Å². The van der Waals surface area contributed by atoms with Crippen molar-refractivity contribution in [2.75, 3.05) is 38.8 Å². The topological polar surface area (TPSA) is 99.6 Å². The van der Waals surface area contributed by atoms with Crippen LogP contribution in [0.5, 0.6) is 5.75 Å². The van der Waals surface area contributed by atoms with Crippen molar-refractivity contribution in [1.82, 2.24) is 9.80 Å². The van der Waals surface area contributed by atoms with Crippen LogP contribution in [0.1, 0.15) is 19.8 Å². The summed E-state index contributed by atoms with van der Waals surface area (Å²) in [7, 11) is 3.24. The number of amides is 3. The predicted molar refractivity (Wildman–Crippen MR) is 147 cm³/mol. The fourth-order valence-electron chi connectivity index (χ4n) is 6.34. The minimum atomic E-state index is -1.21. The quantitative estimate of drug-likeness (QED) is 0.314. The number of carbonyl (C=O) groups excluding carboxylic acids is 3. The Bertz CT molecular complexity index is 1090. The number of alkyl halides is 1. The molecule has 3 heterocycles. The standard InChI is InChI=1S/C28H36BrN3O6/c1-6-13-30(4)25(34)21-22-26(35)32(17(8-3)16-33)24(28(22)15-20(29)23(21)38-28)27(36)31(14-7-2)18-9-11-19(37-5)12-10-18/h6-7,9-12,17,20-24,33H,1-2,8,13-16H2,3-5H3/t17-,20?,21-,22-,23-,24?,28?/m0/s1. The zero-order chi connectivity index (χ0) is 27.8. The van der Waals surface area contributed by atoms with Crippen LogP contribution in [0.3, 0.4) is 0 Å². The van der Waals surface area contributed by atoms with E-state index < -0.39 is 35.6 Å². The van der Waals surface area contributed by atoms with E-state index in [1.807, 2.05) is 6.92 Å². The Morgan fingerprint density at radius 2 is 1.92 bits per heavy atom. The zero-order valence-corrected chi connectivity index (χ0v) is 23.7. The first-order valence-electron chi connectivity index (χ1n) is 12.9. The summed E-state index contributed by atoms with van der Waals surface area (Å²) < 4.78 is 11.8. The van der Waals surface area contributed by atoms with Gasteiger partial charge in [0.2, 0.25) is 11.8 Å². The number of hydrogen-bond donors (Lipinski definition) is 1. The Hall–Kier alpha value is -2.69. The van der Waals surface area contributed by atoms with E-state index in [1.54, 1.807) is 55.5 Å². The third-order valence-corrected chi connectivity index (χ3v) is 8.91. The molecule has 3 unspecified atom stereocenters. The Kier molecular flexibility index (Phi) is 8.34. The highest BCUT2D eigenvalue weighted by atomic mass is 79.9. The first-order valence-corrected chi connectivity index (χ1v) is 13.8. The summed E-state index contributed by atoms with van der Waals surface area (Å²) in [6, 6.07) is 5.45. The third kappa shape index (κ3) is 4.36. The maximum Gasteiger partial charge on any atom is 0.253 e. The molecule has 0 saturated carbocycles. The van der Waals surface area contributed by atoms with E-state index in [-0.39, 0.29) is 35.7 Å². The van der Waals surface area contributed by atoms with E-state index in [4.69, 9.17) is 9.47 Å². The smallest absolute Gasteiger partial charge is 0.253 e. The number of likely N-dealkylation sites (tertiary alicyclic amines) is 1. The van der Waals surface area contributed by atoms with Gasteiger partial charge >= 0.3 is 0 Å². The average molecular weight is 591 g/mol. The lowest BCUT2D eigenvalue weighted by Crippen LogP contribution is -2.59. The van der Waals surface area contributed by atoms with Gasteiger partial charge in [0, 0.05) is 30.7 Å². The Labute approximate surface area is 232 Å². The minimum Gasteiger partial charge on any atom is -0.497 e. The SMILES string of the molecule is C=CCN(C)C(=O)[C@H]1[C@H]2C(=O)N([C@@H](CC)CO)C(C(=O)N(CC=C)c3ccc(OC)cc3)C23CC(Br)[C@@H]1O3. The summed E-state index contributed by atoms with van der Waals surface area (Å²) >= 11 is 3.69. The molecule has 0 aliphatic carbocycles. The summed E-state index contributed by atoms with van der Waals surface area (Å²) in [6.07, 6.45) is 3.53. The van der Waals surface area contributed by atoms with E-state index in [2.05, 4.69) is 29.1 Å². The zero-order valence-electron chi connectivity index (χ0n) is 22.1. The Balaban J connectivity index is 1.82. The maximum atomic E-state index is 14.5. The van der Waals surface area contributed by atoms with Crippen LogP contribution in [0.2, 0.25) is 0 Å². The number of likely N-dealkylation sites (N-methyl/N-ethyl adjacent to an activating group) is 1. The molecule has 38 heavy (non-hydrogen) atoms. The lowest BCUT2D eigenvalue weighted by molar-refractivity contribution is -0.146. The highest BCUT2D eigenvalue weighted by Crippen LogP contribution is 2.61. The Morgan fingerprint density at radius 3 is 2.47 bits per heavy atom. The van der Waals surface area contributed by atoms with E-state index >= 15 is 0 Å². The number of carbonyl (C=O) groups is 3. The molecule has 3 aliphatic rings. The average Bonchev–Trinajstić information content (AvgIpc) is 3.51. The first kappa shape index (κ1) is 28.3. The molecule has 2 bridgehead atoms. The van der Waals surface area contributed by atoms with Gasteiger partial charge in [-0.25, -0.2) is 0 Å². The summed E-state index contributed by atoms with van der Waals surface area (Å²) in [6.45, 7) is 9.63. The van der Waals surface area contributed by atoms with E-state index in [0.29, 0.717) is 30.8 Å². The van der Waals surface area contributed by atoms with Crippen LogP contribution in [-0.2, 0) is 19.1 Å². The molecule has 9 nitrogen and oxygen atoms in total. The van der Waals surface area contributed by atoms with Crippen LogP contribution >= 0.6 is 15.9 Å². The van der Waals surface area contributed by atoms with Crippen LogP contribution in [0, 0.1) is 11.8 Å². The fourth-order valence-corrected chi connectivity index (χ4v) is 7.28. The van der Waals surface area contributed by atoms with Crippen LogP contribution in [0.15, 0.2) is 49.6 Å². The second-order valence-corrected chi connectivity index (χ2v) is 11.3. The minimum absolute atomic E-state index is 0.200. The molecular weight excluding hydrogens is 554 g/mol. The van der Waals surface area contributed by atoms with Crippen LogP contribution in [0.4, 0.5) is 5.69 Å². The number of benzene rings is 1. The Morgan fingerprint density at radius 1 is 1.26 bits per heavy atom. The molecule has 1 aromatic rings. The highest BCUT2D eigenvalue weighted by molar-refractivity contribution is 9.09. The number of halogens is 1. The van der Waals surface area contributed by atoms with Crippen LogP contribution in [0.25, 0.3) is 0 Å². The van der Waals surface area contributed by atoms with Crippen molar-refractivity contribution in [1.29, 1.82) is 0 Å². The van der Waals surface area contributed by atoms with Gasteiger partial charge in [0.1, 0.15) is 17.4 Å². The van der Waals surface area contributed by atoms with Crippen molar-refractivity contribution in [3.8, 4) is 5.75 Å². The molecule has 3 fully saturated rings. The third-order valence-electron chi connectivity index (χ3n) is 8.06. The van der Waals surface area contributed by atoms with Crippen LogP contribution in [-0.4, -0.2) is 95.1 Å². The first-order chi connectivity index (χ1) is 18.2. The normalized spacial score (nSPS) is 30.1. The molecular formula is C28H36BrN3O6. The van der Waals surface area contributed by atoms with E-state index in [0.717, 1.165) is 0 Å². The number of ether oxygens (including phenoxy) is 2. The molecule has 1 spiro atoms. The van der Waals surface area contributed by atoms with Gasteiger partial charge in [0.15, 0.2) is 0 Å². The van der Waals surface area contributed by atoms with Crippen molar-refractivity contribution in [2.24, 2.45) is 11.8 Å². The van der Waals surface area contributed by atoms with Gasteiger partial charge in [-0.1, -0.05) is 35.0 Å². The number of hydrogen-bond acceptors (Lipinski definition) is 6. The van der Waals surface area contributed by atoms with Gasteiger partial charge in [-0.05, 0) is 37.1 Å². The van der Waals surface area contributed by atoms with Crippen LogP contribution < -0.4 is 9.64 Å². The molecule has 3 amide bonds. The summed E-state index contributed by atoms with van der Waals surface area (Å²) in [5, 5.41) is 10.3. The molecule has 7 atom stereocenters. The molecule has 1 N–H and O–H groups in total. The number of anilines is 1. The number of nitrogens with zero attached hydrogens (tertiary/aromatic N) is 3.